The van der Waals surface area contributed by atoms with E-state index in [1.165, 1.54) is 0 Å². The smallest absolute Gasteiger partial charge is 0.326 e. The van der Waals surface area contributed by atoms with Gasteiger partial charge in [-0.2, -0.15) is 0 Å². The molecule has 1 unspecified atom stereocenters. The number of carboxylic acid groups (broad SMARTS) is 1. The quantitative estimate of drug-likeness (QED) is 0.664. The summed E-state index contributed by atoms with van der Waals surface area (Å²) in [4.78, 5) is 22.4. The SMILES string of the molecule is CC(C)CC(NC(=O)NC1(C)CC1)C(=O)O. The zero-order valence-corrected chi connectivity index (χ0v) is 10.0. The summed E-state index contributed by atoms with van der Waals surface area (Å²) in [7, 11) is 0. The molecule has 16 heavy (non-hydrogen) atoms. The van der Waals surface area contributed by atoms with Gasteiger partial charge < -0.3 is 15.7 Å². The van der Waals surface area contributed by atoms with Crippen LogP contribution in [0.3, 0.4) is 0 Å². The fourth-order valence-corrected chi connectivity index (χ4v) is 1.47. The van der Waals surface area contributed by atoms with E-state index in [-0.39, 0.29) is 17.5 Å². The minimum atomic E-state index is -0.982. The van der Waals surface area contributed by atoms with Gasteiger partial charge in [0, 0.05) is 5.54 Å². The molecule has 0 aromatic heterocycles. The fourth-order valence-electron chi connectivity index (χ4n) is 1.47. The first-order valence-corrected chi connectivity index (χ1v) is 5.64. The molecule has 0 saturated heterocycles. The molecule has 5 heteroatoms. The van der Waals surface area contributed by atoms with E-state index >= 15 is 0 Å². The van der Waals surface area contributed by atoms with Crippen molar-refractivity contribution in [3.63, 3.8) is 0 Å². The third-order valence-electron chi connectivity index (χ3n) is 2.73. The Hall–Kier alpha value is -1.26. The number of carboxylic acids is 1. The van der Waals surface area contributed by atoms with Crippen molar-refractivity contribution in [2.75, 3.05) is 0 Å². The van der Waals surface area contributed by atoms with Gasteiger partial charge in [-0.1, -0.05) is 13.8 Å². The Kier molecular flexibility index (Phi) is 3.78. The van der Waals surface area contributed by atoms with E-state index < -0.39 is 12.0 Å². The first kappa shape index (κ1) is 12.8. The molecular weight excluding hydrogens is 208 g/mol. The average Bonchev–Trinajstić information content (AvgIpc) is 2.80. The van der Waals surface area contributed by atoms with Crippen LogP contribution in [-0.4, -0.2) is 28.7 Å². The Labute approximate surface area is 95.6 Å². The molecule has 5 nitrogen and oxygen atoms in total. The highest BCUT2D eigenvalue weighted by Crippen LogP contribution is 2.34. The van der Waals surface area contributed by atoms with E-state index in [4.69, 9.17) is 5.11 Å². The van der Waals surface area contributed by atoms with Crippen LogP contribution in [0.4, 0.5) is 4.79 Å². The molecule has 0 aromatic carbocycles. The fraction of sp³-hybridized carbons (Fsp3) is 0.818. The molecule has 1 rings (SSSR count). The molecule has 0 aliphatic heterocycles. The summed E-state index contributed by atoms with van der Waals surface area (Å²) in [5.74, 6) is -0.747. The number of nitrogens with one attached hydrogen (secondary N) is 2. The molecule has 0 spiro atoms. The van der Waals surface area contributed by atoms with Gasteiger partial charge in [0.05, 0.1) is 0 Å². The Morgan fingerprint density at radius 3 is 2.31 bits per heavy atom. The molecule has 1 saturated carbocycles. The van der Waals surface area contributed by atoms with Crippen molar-refractivity contribution in [3.05, 3.63) is 0 Å². The topological polar surface area (TPSA) is 78.4 Å². The van der Waals surface area contributed by atoms with Gasteiger partial charge in [0.15, 0.2) is 0 Å². The summed E-state index contributed by atoms with van der Waals surface area (Å²) >= 11 is 0. The lowest BCUT2D eigenvalue weighted by Crippen LogP contribution is -2.49. The van der Waals surface area contributed by atoms with E-state index in [0.29, 0.717) is 6.42 Å². The van der Waals surface area contributed by atoms with E-state index in [1.54, 1.807) is 0 Å². The lowest BCUT2D eigenvalue weighted by atomic mass is 10.0. The highest BCUT2D eigenvalue weighted by molar-refractivity contribution is 5.83. The number of hydrogen-bond acceptors (Lipinski definition) is 2. The monoisotopic (exact) mass is 228 g/mol. The zero-order chi connectivity index (χ0) is 12.3. The molecule has 1 fully saturated rings. The molecule has 92 valence electrons. The van der Waals surface area contributed by atoms with Crippen LogP contribution in [0.25, 0.3) is 0 Å². The number of hydrogen-bond donors (Lipinski definition) is 3. The van der Waals surface area contributed by atoms with E-state index in [9.17, 15) is 9.59 Å². The predicted octanol–water partition coefficient (Wildman–Crippen LogP) is 1.34. The molecule has 0 aromatic rings. The highest BCUT2D eigenvalue weighted by atomic mass is 16.4. The minimum Gasteiger partial charge on any atom is -0.480 e. The van der Waals surface area contributed by atoms with Crippen LogP contribution in [-0.2, 0) is 4.79 Å². The molecule has 1 aliphatic rings. The second-order valence-corrected chi connectivity index (χ2v) is 5.18. The summed E-state index contributed by atoms with van der Waals surface area (Å²) in [6.45, 7) is 5.81. The van der Waals surface area contributed by atoms with E-state index in [1.807, 2.05) is 20.8 Å². The largest absolute Gasteiger partial charge is 0.480 e. The molecule has 2 amide bonds. The van der Waals surface area contributed by atoms with Gasteiger partial charge in [-0.05, 0) is 32.1 Å². The number of aliphatic carboxylic acids is 1. The van der Waals surface area contributed by atoms with Crippen LogP contribution < -0.4 is 10.6 Å². The second kappa shape index (κ2) is 4.72. The maximum absolute atomic E-state index is 11.5. The molecule has 0 bridgehead atoms. The van der Waals surface area contributed by atoms with Crippen molar-refractivity contribution in [1.29, 1.82) is 0 Å². The van der Waals surface area contributed by atoms with Crippen molar-refractivity contribution in [3.8, 4) is 0 Å². The van der Waals surface area contributed by atoms with Crippen molar-refractivity contribution < 1.29 is 14.7 Å². The van der Waals surface area contributed by atoms with Crippen molar-refractivity contribution in [2.24, 2.45) is 5.92 Å². The average molecular weight is 228 g/mol. The second-order valence-electron chi connectivity index (χ2n) is 5.18. The van der Waals surface area contributed by atoms with Crippen LogP contribution in [0.15, 0.2) is 0 Å². The van der Waals surface area contributed by atoms with E-state index in [2.05, 4.69) is 10.6 Å². The van der Waals surface area contributed by atoms with Gasteiger partial charge in [-0.15, -0.1) is 0 Å². The molecule has 1 atom stereocenters. The predicted molar refractivity (Wildman–Crippen MR) is 60.2 cm³/mol. The number of urea groups is 1. The Morgan fingerprint density at radius 2 is 1.94 bits per heavy atom. The first-order chi connectivity index (χ1) is 7.32. The molecule has 3 N–H and O–H groups in total. The van der Waals surface area contributed by atoms with Gasteiger partial charge in [0.2, 0.25) is 0 Å². The molecule has 0 radical (unpaired) electrons. The normalized spacial score (nSPS) is 19.0. The summed E-state index contributed by atoms with van der Waals surface area (Å²) in [5.41, 5.74) is -0.120. The van der Waals surface area contributed by atoms with E-state index in [0.717, 1.165) is 12.8 Å². The third-order valence-corrected chi connectivity index (χ3v) is 2.73. The number of amides is 2. The zero-order valence-electron chi connectivity index (χ0n) is 10.0. The standard InChI is InChI=1S/C11H20N2O3/c1-7(2)6-8(9(14)15)12-10(16)13-11(3)4-5-11/h7-8H,4-6H2,1-3H3,(H,14,15)(H2,12,13,16). The lowest BCUT2D eigenvalue weighted by Gasteiger charge is -2.19. The summed E-state index contributed by atoms with van der Waals surface area (Å²) < 4.78 is 0. The van der Waals surface area contributed by atoms with Gasteiger partial charge in [0.25, 0.3) is 0 Å². The van der Waals surface area contributed by atoms with Crippen LogP contribution >= 0.6 is 0 Å². The van der Waals surface area contributed by atoms with Crippen LogP contribution in [0.5, 0.6) is 0 Å². The first-order valence-electron chi connectivity index (χ1n) is 5.64. The summed E-state index contributed by atoms with van der Waals surface area (Å²) in [6.07, 6.45) is 2.37. The van der Waals surface area contributed by atoms with Gasteiger partial charge in [-0.25, -0.2) is 9.59 Å². The van der Waals surface area contributed by atoms with Gasteiger partial charge >= 0.3 is 12.0 Å². The lowest BCUT2D eigenvalue weighted by molar-refractivity contribution is -0.139. The Bertz CT molecular complexity index is 285. The van der Waals surface area contributed by atoms with Crippen LogP contribution in [0, 0.1) is 5.92 Å². The third kappa shape index (κ3) is 4.08. The van der Waals surface area contributed by atoms with Gasteiger partial charge in [-0.3, -0.25) is 0 Å². The van der Waals surface area contributed by atoms with Crippen molar-refractivity contribution in [2.45, 2.75) is 51.6 Å². The highest BCUT2D eigenvalue weighted by Gasteiger charge is 2.39. The Morgan fingerprint density at radius 1 is 1.38 bits per heavy atom. The van der Waals surface area contributed by atoms with Crippen molar-refractivity contribution in [1.82, 2.24) is 10.6 Å². The Balaban J connectivity index is 2.41. The summed E-state index contributed by atoms with van der Waals surface area (Å²) in [5, 5.41) is 14.2. The van der Waals surface area contributed by atoms with Crippen LogP contribution in [0.2, 0.25) is 0 Å². The minimum absolute atomic E-state index is 0.120. The number of rotatable bonds is 5. The molecule has 0 heterocycles. The van der Waals surface area contributed by atoms with Gasteiger partial charge in [0.1, 0.15) is 6.04 Å². The number of carbonyl (C=O) groups excluding carboxylic acids is 1. The van der Waals surface area contributed by atoms with Crippen molar-refractivity contribution >= 4 is 12.0 Å². The molecular formula is C11H20N2O3. The number of carbonyl (C=O) groups is 2. The maximum atomic E-state index is 11.5. The molecule has 1 aliphatic carbocycles. The summed E-state index contributed by atoms with van der Waals surface area (Å²) in [6, 6.07) is -1.18. The maximum Gasteiger partial charge on any atom is 0.326 e. The van der Waals surface area contributed by atoms with Crippen LogP contribution in [0.1, 0.15) is 40.0 Å².